The summed E-state index contributed by atoms with van der Waals surface area (Å²) in [5.41, 5.74) is 1.20. The third kappa shape index (κ3) is 3.00. The first-order valence-electron chi connectivity index (χ1n) is 9.00. The molecule has 4 rings (SSSR count). The predicted octanol–water partition coefficient (Wildman–Crippen LogP) is 3.81. The van der Waals surface area contributed by atoms with Crippen LogP contribution in [-0.4, -0.2) is 22.6 Å². The number of imidazole rings is 1. The standard InChI is InChI=1S/C21H19N3O4/c1-3-11-24-16-9-5-4-8-15(16)22-21(24)23-19(25)14-12-13-7-6-10-17(27-2)18(13)28-20(14)26/h4-10,12H,3,11H2,1-2H3,(H,22,23,25). The molecule has 28 heavy (non-hydrogen) atoms. The summed E-state index contributed by atoms with van der Waals surface area (Å²) in [7, 11) is 1.49. The smallest absolute Gasteiger partial charge is 0.349 e. The van der Waals surface area contributed by atoms with Crippen LogP contribution < -0.4 is 15.7 Å². The zero-order valence-corrected chi connectivity index (χ0v) is 15.6. The molecule has 0 aliphatic heterocycles. The van der Waals surface area contributed by atoms with Gasteiger partial charge in [-0.3, -0.25) is 10.1 Å². The molecule has 0 saturated heterocycles. The van der Waals surface area contributed by atoms with Gasteiger partial charge in [-0.05, 0) is 30.7 Å². The normalized spacial score (nSPS) is 11.1. The Hall–Kier alpha value is -3.61. The highest BCUT2D eigenvalue weighted by atomic mass is 16.5. The Balaban J connectivity index is 1.75. The van der Waals surface area contributed by atoms with E-state index in [0.717, 1.165) is 17.5 Å². The molecule has 0 radical (unpaired) electrons. The van der Waals surface area contributed by atoms with Crippen molar-refractivity contribution in [2.45, 2.75) is 19.9 Å². The lowest BCUT2D eigenvalue weighted by molar-refractivity contribution is 0.102. The molecule has 0 spiro atoms. The Morgan fingerprint density at radius 1 is 1.21 bits per heavy atom. The number of hydrogen-bond acceptors (Lipinski definition) is 5. The number of aromatic nitrogens is 2. The minimum atomic E-state index is -0.729. The summed E-state index contributed by atoms with van der Waals surface area (Å²) in [6.07, 6.45) is 0.876. The summed E-state index contributed by atoms with van der Waals surface area (Å²) < 4.78 is 12.5. The largest absolute Gasteiger partial charge is 0.493 e. The van der Waals surface area contributed by atoms with Crippen molar-refractivity contribution in [3.63, 3.8) is 0 Å². The summed E-state index contributed by atoms with van der Waals surface area (Å²) in [6.45, 7) is 2.74. The molecule has 2 aromatic carbocycles. The van der Waals surface area contributed by atoms with E-state index in [1.54, 1.807) is 18.2 Å². The summed E-state index contributed by atoms with van der Waals surface area (Å²) in [5, 5.41) is 3.36. The van der Waals surface area contributed by atoms with Crippen LogP contribution in [0.5, 0.6) is 5.75 Å². The number of fused-ring (bicyclic) bond motifs is 2. The van der Waals surface area contributed by atoms with Gasteiger partial charge in [0.1, 0.15) is 5.56 Å². The molecule has 7 nitrogen and oxygen atoms in total. The molecule has 2 heterocycles. The molecule has 0 unspecified atom stereocenters. The molecule has 0 fully saturated rings. The van der Waals surface area contributed by atoms with Crippen molar-refractivity contribution in [1.82, 2.24) is 9.55 Å². The molecular formula is C21H19N3O4. The van der Waals surface area contributed by atoms with Crippen LogP contribution in [0.25, 0.3) is 22.0 Å². The number of ether oxygens (including phenoxy) is 1. The Kier molecular flexibility index (Phi) is 4.57. The number of anilines is 1. The van der Waals surface area contributed by atoms with Crippen LogP contribution in [0.2, 0.25) is 0 Å². The summed E-state index contributed by atoms with van der Waals surface area (Å²) >= 11 is 0. The number of rotatable bonds is 5. The van der Waals surface area contributed by atoms with Crippen LogP contribution in [0.3, 0.4) is 0 Å². The molecule has 2 aromatic heterocycles. The highest BCUT2D eigenvalue weighted by Crippen LogP contribution is 2.25. The molecule has 4 aromatic rings. The minimum absolute atomic E-state index is 0.0872. The Morgan fingerprint density at radius 2 is 2.04 bits per heavy atom. The lowest BCUT2D eigenvalue weighted by Crippen LogP contribution is -2.22. The SMILES string of the molecule is CCCn1c(NC(=O)c2cc3cccc(OC)c3oc2=O)nc2ccccc21. The second-order valence-electron chi connectivity index (χ2n) is 6.36. The zero-order valence-electron chi connectivity index (χ0n) is 15.6. The van der Waals surface area contributed by atoms with Crippen LogP contribution >= 0.6 is 0 Å². The molecule has 0 aliphatic rings. The van der Waals surface area contributed by atoms with E-state index in [0.29, 0.717) is 29.2 Å². The summed E-state index contributed by atoms with van der Waals surface area (Å²) in [4.78, 5) is 29.7. The van der Waals surface area contributed by atoms with Crippen molar-refractivity contribution < 1.29 is 13.9 Å². The number of carbonyl (C=O) groups excluding carboxylic acids is 1. The Labute approximate surface area is 160 Å². The van der Waals surface area contributed by atoms with Gasteiger partial charge in [-0.2, -0.15) is 0 Å². The average molecular weight is 377 g/mol. The van der Waals surface area contributed by atoms with E-state index >= 15 is 0 Å². The van der Waals surface area contributed by atoms with Crippen LogP contribution in [0, 0.1) is 0 Å². The van der Waals surface area contributed by atoms with Crippen LogP contribution in [0.4, 0.5) is 5.95 Å². The maximum atomic E-state index is 12.8. The van der Waals surface area contributed by atoms with E-state index < -0.39 is 11.5 Å². The number of methoxy groups -OCH3 is 1. The molecular weight excluding hydrogens is 358 g/mol. The fraction of sp³-hybridized carbons (Fsp3) is 0.190. The van der Waals surface area contributed by atoms with Gasteiger partial charge in [0.15, 0.2) is 11.3 Å². The first kappa shape index (κ1) is 17.8. The van der Waals surface area contributed by atoms with Gasteiger partial charge in [0.05, 0.1) is 18.1 Å². The summed E-state index contributed by atoms with van der Waals surface area (Å²) in [5.74, 6) is 0.274. The molecule has 0 aliphatic carbocycles. The topological polar surface area (TPSA) is 86.4 Å². The monoisotopic (exact) mass is 377 g/mol. The number of amides is 1. The van der Waals surface area contributed by atoms with Crippen molar-refractivity contribution >= 4 is 33.9 Å². The van der Waals surface area contributed by atoms with Crippen molar-refractivity contribution in [3.05, 3.63) is 64.5 Å². The lowest BCUT2D eigenvalue weighted by Gasteiger charge is -2.09. The molecule has 0 atom stereocenters. The van der Waals surface area contributed by atoms with Gasteiger partial charge in [0, 0.05) is 11.9 Å². The number of hydrogen-bond donors (Lipinski definition) is 1. The molecule has 7 heteroatoms. The van der Waals surface area contributed by atoms with E-state index in [9.17, 15) is 9.59 Å². The maximum Gasteiger partial charge on any atom is 0.349 e. The van der Waals surface area contributed by atoms with Gasteiger partial charge < -0.3 is 13.7 Å². The Bertz CT molecular complexity index is 1240. The molecule has 1 amide bonds. The van der Waals surface area contributed by atoms with Gasteiger partial charge in [-0.1, -0.05) is 31.2 Å². The number of nitrogens with zero attached hydrogens (tertiary/aromatic N) is 2. The number of carbonyl (C=O) groups is 1. The number of aryl methyl sites for hydroxylation is 1. The van der Waals surface area contributed by atoms with Crippen molar-refractivity contribution in [2.24, 2.45) is 0 Å². The van der Waals surface area contributed by atoms with E-state index in [4.69, 9.17) is 9.15 Å². The molecule has 0 saturated carbocycles. The Morgan fingerprint density at radius 3 is 2.82 bits per heavy atom. The lowest BCUT2D eigenvalue weighted by atomic mass is 10.1. The minimum Gasteiger partial charge on any atom is -0.493 e. The fourth-order valence-corrected chi connectivity index (χ4v) is 3.23. The average Bonchev–Trinajstić information content (AvgIpc) is 3.04. The third-order valence-electron chi connectivity index (χ3n) is 4.52. The van der Waals surface area contributed by atoms with Crippen LogP contribution in [-0.2, 0) is 6.54 Å². The quantitative estimate of drug-likeness (QED) is 0.535. The summed E-state index contributed by atoms with van der Waals surface area (Å²) in [6, 6.07) is 14.4. The number of para-hydroxylation sites is 3. The maximum absolute atomic E-state index is 12.8. The van der Waals surface area contributed by atoms with Crippen LogP contribution in [0.1, 0.15) is 23.7 Å². The van der Waals surface area contributed by atoms with E-state index in [-0.39, 0.29) is 5.56 Å². The van der Waals surface area contributed by atoms with E-state index in [1.165, 1.54) is 13.2 Å². The fourth-order valence-electron chi connectivity index (χ4n) is 3.23. The molecule has 142 valence electrons. The van der Waals surface area contributed by atoms with E-state index in [1.807, 2.05) is 35.8 Å². The van der Waals surface area contributed by atoms with Crippen LogP contribution in [0.15, 0.2) is 57.7 Å². The third-order valence-corrected chi connectivity index (χ3v) is 4.52. The van der Waals surface area contributed by atoms with E-state index in [2.05, 4.69) is 10.3 Å². The van der Waals surface area contributed by atoms with Gasteiger partial charge in [-0.25, -0.2) is 9.78 Å². The van der Waals surface area contributed by atoms with Crippen molar-refractivity contribution in [3.8, 4) is 5.75 Å². The number of benzene rings is 2. The second kappa shape index (κ2) is 7.19. The van der Waals surface area contributed by atoms with Crippen molar-refractivity contribution in [1.29, 1.82) is 0 Å². The first-order chi connectivity index (χ1) is 13.6. The molecule has 1 N–H and O–H groups in total. The second-order valence-corrected chi connectivity index (χ2v) is 6.36. The first-order valence-corrected chi connectivity index (χ1v) is 9.00. The predicted molar refractivity (Wildman–Crippen MR) is 107 cm³/mol. The van der Waals surface area contributed by atoms with Gasteiger partial charge in [0.25, 0.3) is 5.91 Å². The van der Waals surface area contributed by atoms with Gasteiger partial charge in [-0.15, -0.1) is 0 Å². The van der Waals surface area contributed by atoms with Crippen molar-refractivity contribution in [2.75, 3.05) is 12.4 Å². The van der Waals surface area contributed by atoms with Gasteiger partial charge >= 0.3 is 5.63 Å². The highest BCUT2D eigenvalue weighted by Gasteiger charge is 2.19. The number of nitrogens with one attached hydrogen (secondary N) is 1. The highest BCUT2D eigenvalue weighted by molar-refractivity contribution is 6.05. The molecule has 0 bridgehead atoms. The zero-order chi connectivity index (χ0) is 19.7. The van der Waals surface area contributed by atoms with Gasteiger partial charge in [0.2, 0.25) is 5.95 Å².